The van der Waals surface area contributed by atoms with Crippen LogP contribution in [0.4, 0.5) is 0 Å². The molecule has 1 atom stereocenters. The first kappa shape index (κ1) is 16.0. The number of carbonyl (C=O) groups excluding carboxylic acids is 2. The first-order chi connectivity index (χ1) is 9.52. The molecule has 0 heterocycles. The molecule has 20 heavy (non-hydrogen) atoms. The maximum Gasteiger partial charge on any atom is 0.328 e. The van der Waals surface area contributed by atoms with E-state index in [9.17, 15) is 9.59 Å². The molecule has 1 rings (SSSR count). The van der Waals surface area contributed by atoms with Crippen LogP contribution in [0.5, 0.6) is 0 Å². The first-order valence-corrected chi connectivity index (χ1v) is 6.64. The van der Waals surface area contributed by atoms with Gasteiger partial charge in [-0.15, -0.1) is 0 Å². The van der Waals surface area contributed by atoms with Crippen LogP contribution in [0, 0.1) is 5.92 Å². The van der Waals surface area contributed by atoms with Crippen molar-refractivity contribution in [1.29, 1.82) is 0 Å². The van der Waals surface area contributed by atoms with Gasteiger partial charge in [0.15, 0.2) is 0 Å². The van der Waals surface area contributed by atoms with Crippen molar-refractivity contribution in [3.05, 3.63) is 42.0 Å². The third-order valence-corrected chi connectivity index (χ3v) is 2.74. The molecule has 4 nitrogen and oxygen atoms in total. The van der Waals surface area contributed by atoms with E-state index in [1.807, 2.05) is 44.2 Å². The van der Waals surface area contributed by atoms with Gasteiger partial charge in [-0.1, -0.05) is 44.2 Å². The minimum atomic E-state index is -0.604. The summed E-state index contributed by atoms with van der Waals surface area (Å²) in [6, 6.07) is 8.90. The van der Waals surface area contributed by atoms with Crippen LogP contribution in [-0.4, -0.2) is 25.0 Å². The van der Waals surface area contributed by atoms with Crippen molar-refractivity contribution in [2.24, 2.45) is 5.92 Å². The standard InChI is InChI=1S/C16H21NO3/c1-12(2)11-14(16(19)20-3)17-15(18)10-9-13-7-5-4-6-8-13/h4-10,12,14H,11H2,1-3H3,(H,17,18)/b10-9+. The Hall–Kier alpha value is -2.10. The highest BCUT2D eigenvalue weighted by Crippen LogP contribution is 2.07. The summed E-state index contributed by atoms with van der Waals surface area (Å²) >= 11 is 0. The van der Waals surface area contributed by atoms with Crippen LogP contribution >= 0.6 is 0 Å². The maximum atomic E-state index is 11.8. The molecule has 1 N–H and O–H groups in total. The molecule has 1 aromatic rings. The van der Waals surface area contributed by atoms with Gasteiger partial charge in [0, 0.05) is 6.08 Å². The summed E-state index contributed by atoms with van der Waals surface area (Å²) in [6.07, 6.45) is 3.68. The molecule has 0 aromatic heterocycles. The average Bonchev–Trinajstić information content (AvgIpc) is 2.44. The topological polar surface area (TPSA) is 55.4 Å². The summed E-state index contributed by atoms with van der Waals surface area (Å²) in [7, 11) is 1.32. The molecule has 0 saturated carbocycles. The van der Waals surface area contributed by atoms with E-state index < -0.39 is 12.0 Å². The lowest BCUT2D eigenvalue weighted by Crippen LogP contribution is -2.41. The van der Waals surface area contributed by atoms with Gasteiger partial charge < -0.3 is 10.1 Å². The van der Waals surface area contributed by atoms with Crippen LogP contribution in [0.3, 0.4) is 0 Å². The highest BCUT2D eigenvalue weighted by molar-refractivity contribution is 5.94. The average molecular weight is 275 g/mol. The van der Waals surface area contributed by atoms with Crippen molar-refractivity contribution in [2.45, 2.75) is 26.3 Å². The van der Waals surface area contributed by atoms with E-state index in [2.05, 4.69) is 5.32 Å². The first-order valence-electron chi connectivity index (χ1n) is 6.64. The Kier molecular flexibility index (Phi) is 6.50. The Bertz CT molecular complexity index is 466. The lowest BCUT2D eigenvalue weighted by atomic mass is 10.0. The molecule has 0 aliphatic carbocycles. The Balaban J connectivity index is 2.62. The van der Waals surface area contributed by atoms with Gasteiger partial charge in [0.05, 0.1) is 7.11 Å². The number of ether oxygens (including phenoxy) is 1. The second-order valence-corrected chi connectivity index (χ2v) is 4.96. The summed E-state index contributed by atoms with van der Waals surface area (Å²) in [5.41, 5.74) is 0.932. The van der Waals surface area contributed by atoms with Crippen molar-refractivity contribution >= 4 is 18.0 Å². The highest BCUT2D eigenvalue weighted by atomic mass is 16.5. The Labute approximate surface area is 119 Å². The quantitative estimate of drug-likeness (QED) is 0.640. The highest BCUT2D eigenvalue weighted by Gasteiger charge is 2.21. The third kappa shape index (κ3) is 5.69. The van der Waals surface area contributed by atoms with Crippen LogP contribution in [-0.2, 0) is 14.3 Å². The molecule has 108 valence electrons. The molecule has 0 spiro atoms. The summed E-state index contributed by atoms with van der Waals surface area (Å²) in [5.74, 6) is -0.428. The monoisotopic (exact) mass is 275 g/mol. The molecule has 0 aliphatic rings. The van der Waals surface area contributed by atoms with Gasteiger partial charge in [-0.2, -0.15) is 0 Å². The zero-order valence-corrected chi connectivity index (χ0v) is 12.1. The van der Waals surface area contributed by atoms with Crippen molar-refractivity contribution < 1.29 is 14.3 Å². The van der Waals surface area contributed by atoms with Crippen LogP contribution in [0.25, 0.3) is 6.08 Å². The minimum Gasteiger partial charge on any atom is -0.467 e. The summed E-state index contributed by atoms with van der Waals surface area (Å²) < 4.78 is 4.70. The number of esters is 1. The van der Waals surface area contributed by atoms with Crippen molar-refractivity contribution in [2.75, 3.05) is 7.11 Å². The molecule has 1 amide bonds. The number of benzene rings is 1. The lowest BCUT2D eigenvalue weighted by molar-refractivity contribution is -0.145. The minimum absolute atomic E-state index is 0.289. The van der Waals surface area contributed by atoms with Crippen LogP contribution < -0.4 is 5.32 Å². The zero-order chi connectivity index (χ0) is 15.0. The van der Waals surface area contributed by atoms with Crippen LogP contribution in [0.15, 0.2) is 36.4 Å². The number of rotatable bonds is 6. The Morgan fingerprint density at radius 2 is 1.90 bits per heavy atom. The smallest absolute Gasteiger partial charge is 0.328 e. The Morgan fingerprint density at radius 1 is 1.25 bits per heavy atom. The van der Waals surface area contributed by atoms with Gasteiger partial charge in [0.2, 0.25) is 5.91 Å². The molecular formula is C16H21NO3. The third-order valence-electron chi connectivity index (χ3n) is 2.74. The van der Waals surface area contributed by atoms with Crippen molar-refractivity contribution in [1.82, 2.24) is 5.32 Å². The molecule has 0 fully saturated rings. The summed E-state index contributed by atoms with van der Waals surface area (Å²) in [4.78, 5) is 23.4. The molecule has 1 unspecified atom stereocenters. The fourth-order valence-corrected chi connectivity index (χ4v) is 1.78. The van der Waals surface area contributed by atoms with Crippen LogP contribution in [0.2, 0.25) is 0 Å². The number of hydrogen-bond acceptors (Lipinski definition) is 3. The predicted molar refractivity (Wildman–Crippen MR) is 78.9 cm³/mol. The van der Waals surface area contributed by atoms with E-state index in [0.29, 0.717) is 6.42 Å². The molecule has 4 heteroatoms. The fourth-order valence-electron chi connectivity index (χ4n) is 1.78. The lowest BCUT2D eigenvalue weighted by Gasteiger charge is -2.17. The van der Waals surface area contributed by atoms with Crippen molar-refractivity contribution in [3.8, 4) is 0 Å². The number of hydrogen-bond donors (Lipinski definition) is 1. The van der Waals surface area contributed by atoms with Gasteiger partial charge >= 0.3 is 5.97 Å². The number of methoxy groups -OCH3 is 1. The molecule has 1 aromatic carbocycles. The molecule has 0 radical (unpaired) electrons. The van der Waals surface area contributed by atoms with E-state index >= 15 is 0 Å². The molecular weight excluding hydrogens is 254 g/mol. The van der Waals surface area contributed by atoms with Crippen molar-refractivity contribution in [3.63, 3.8) is 0 Å². The summed E-state index contributed by atoms with van der Waals surface area (Å²) in [6.45, 7) is 3.98. The zero-order valence-electron chi connectivity index (χ0n) is 12.1. The maximum absolute atomic E-state index is 11.8. The van der Waals surface area contributed by atoms with E-state index in [4.69, 9.17) is 4.74 Å². The number of carbonyl (C=O) groups is 2. The number of nitrogens with one attached hydrogen (secondary N) is 1. The van der Waals surface area contributed by atoms with Gasteiger partial charge in [0.1, 0.15) is 6.04 Å². The van der Waals surface area contributed by atoms with Gasteiger partial charge in [-0.05, 0) is 24.0 Å². The normalized spacial score (nSPS) is 12.4. The summed E-state index contributed by atoms with van der Waals surface area (Å²) in [5, 5.41) is 2.67. The van der Waals surface area contributed by atoms with E-state index in [1.54, 1.807) is 6.08 Å². The largest absolute Gasteiger partial charge is 0.467 e. The van der Waals surface area contributed by atoms with E-state index in [-0.39, 0.29) is 11.8 Å². The number of amides is 1. The van der Waals surface area contributed by atoms with E-state index in [0.717, 1.165) is 5.56 Å². The molecule has 0 saturated heterocycles. The SMILES string of the molecule is COC(=O)C(CC(C)C)NC(=O)/C=C/c1ccccc1. The second kappa shape index (κ2) is 8.15. The van der Waals surface area contributed by atoms with Crippen LogP contribution in [0.1, 0.15) is 25.8 Å². The second-order valence-electron chi connectivity index (χ2n) is 4.96. The predicted octanol–water partition coefficient (Wildman–Crippen LogP) is 2.40. The molecule has 0 aliphatic heterocycles. The molecule has 0 bridgehead atoms. The van der Waals surface area contributed by atoms with Gasteiger partial charge in [0.25, 0.3) is 0 Å². The van der Waals surface area contributed by atoms with Gasteiger partial charge in [-0.25, -0.2) is 4.79 Å². The fraction of sp³-hybridized carbons (Fsp3) is 0.375. The van der Waals surface area contributed by atoms with Gasteiger partial charge in [-0.3, -0.25) is 4.79 Å². The van der Waals surface area contributed by atoms with E-state index in [1.165, 1.54) is 13.2 Å². The Morgan fingerprint density at radius 3 is 2.45 bits per heavy atom.